The van der Waals surface area contributed by atoms with E-state index in [1.807, 2.05) is 6.92 Å². The Morgan fingerprint density at radius 2 is 2.14 bits per heavy atom. The Morgan fingerprint density at radius 3 is 2.71 bits per heavy atom. The molecule has 2 rings (SSSR count). The van der Waals surface area contributed by atoms with Crippen LogP contribution in [0.25, 0.3) is 0 Å². The number of nitro benzene ring substituents is 1. The first-order valence-electron chi connectivity index (χ1n) is 6.63. The molecule has 0 aliphatic carbocycles. The van der Waals surface area contributed by atoms with Gasteiger partial charge >= 0.3 is 0 Å². The predicted molar refractivity (Wildman–Crippen MR) is 85.5 cm³/mol. The summed E-state index contributed by atoms with van der Waals surface area (Å²) in [4.78, 5) is 24.8. The van der Waals surface area contributed by atoms with Crippen LogP contribution in [-0.2, 0) is 0 Å². The van der Waals surface area contributed by atoms with Gasteiger partial charge in [-0.1, -0.05) is 11.6 Å². The number of carbonyl (C=O) groups is 1. The van der Waals surface area contributed by atoms with Gasteiger partial charge in [0.1, 0.15) is 5.69 Å². The Bertz CT molecular complexity index is 562. The molecule has 1 aliphatic rings. The SMILES string of the molecule is CCNc1c(Cl)cc(C(=O)N2CCSCC2)cc1[N+](=O)[O-]. The van der Waals surface area contributed by atoms with E-state index < -0.39 is 4.92 Å². The summed E-state index contributed by atoms with van der Waals surface area (Å²) in [6.45, 7) is 3.65. The first-order chi connectivity index (χ1) is 10.0. The average molecular weight is 330 g/mol. The van der Waals surface area contributed by atoms with Crippen LogP contribution >= 0.6 is 23.4 Å². The molecule has 0 aromatic heterocycles. The molecule has 21 heavy (non-hydrogen) atoms. The van der Waals surface area contributed by atoms with Gasteiger partial charge in [0.25, 0.3) is 11.6 Å². The molecule has 0 bridgehead atoms. The van der Waals surface area contributed by atoms with Crippen molar-refractivity contribution in [1.29, 1.82) is 0 Å². The van der Waals surface area contributed by atoms with Crippen LogP contribution in [0.5, 0.6) is 0 Å². The zero-order valence-corrected chi connectivity index (χ0v) is 13.2. The second-order valence-electron chi connectivity index (χ2n) is 4.54. The molecule has 0 radical (unpaired) electrons. The smallest absolute Gasteiger partial charge is 0.294 e. The Balaban J connectivity index is 2.36. The fraction of sp³-hybridized carbons (Fsp3) is 0.462. The van der Waals surface area contributed by atoms with Gasteiger partial charge in [0.05, 0.1) is 9.95 Å². The molecular formula is C13H16ClN3O3S. The molecule has 8 heteroatoms. The van der Waals surface area contributed by atoms with E-state index in [0.717, 1.165) is 11.5 Å². The van der Waals surface area contributed by atoms with E-state index >= 15 is 0 Å². The van der Waals surface area contributed by atoms with Crippen LogP contribution in [0.3, 0.4) is 0 Å². The Labute approximate surface area is 132 Å². The van der Waals surface area contributed by atoms with E-state index in [1.165, 1.54) is 12.1 Å². The molecule has 1 saturated heterocycles. The van der Waals surface area contributed by atoms with Gasteiger partial charge < -0.3 is 10.2 Å². The van der Waals surface area contributed by atoms with E-state index in [9.17, 15) is 14.9 Å². The van der Waals surface area contributed by atoms with Crippen LogP contribution < -0.4 is 5.32 Å². The van der Waals surface area contributed by atoms with Crippen molar-refractivity contribution in [3.8, 4) is 0 Å². The average Bonchev–Trinajstić information content (AvgIpc) is 2.49. The molecule has 114 valence electrons. The first-order valence-corrected chi connectivity index (χ1v) is 8.16. The third kappa shape index (κ3) is 3.59. The summed E-state index contributed by atoms with van der Waals surface area (Å²) >= 11 is 7.89. The van der Waals surface area contributed by atoms with Gasteiger partial charge in [0.15, 0.2) is 0 Å². The Morgan fingerprint density at radius 1 is 1.48 bits per heavy atom. The lowest BCUT2D eigenvalue weighted by Gasteiger charge is -2.26. The molecule has 1 aromatic rings. The summed E-state index contributed by atoms with van der Waals surface area (Å²) < 4.78 is 0. The van der Waals surface area contributed by atoms with E-state index in [1.54, 1.807) is 16.7 Å². The molecule has 0 atom stereocenters. The summed E-state index contributed by atoms with van der Waals surface area (Å²) in [6, 6.07) is 2.80. The quantitative estimate of drug-likeness (QED) is 0.679. The van der Waals surface area contributed by atoms with Crippen LogP contribution in [-0.4, -0.2) is 46.9 Å². The van der Waals surface area contributed by atoms with Crippen molar-refractivity contribution in [2.45, 2.75) is 6.92 Å². The number of amides is 1. The van der Waals surface area contributed by atoms with Crippen LogP contribution in [0, 0.1) is 10.1 Å². The lowest BCUT2D eigenvalue weighted by atomic mass is 10.1. The zero-order valence-electron chi connectivity index (χ0n) is 11.6. The molecule has 1 fully saturated rings. The number of hydrogen-bond donors (Lipinski definition) is 1. The highest BCUT2D eigenvalue weighted by atomic mass is 35.5. The number of nitrogens with zero attached hydrogens (tertiary/aromatic N) is 2. The maximum absolute atomic E-state index is 12.4. The maximum atomic E-state index is 12.4. The summed E-state index contributed by atoms with van der Waals surface area (Å²) in [5.41, 5.74) is 0.356. The Hall–Kier alpha value is -1.47. The topological polar surface area (TPSA) is 75.5 Å². The van der Waals surface area contributed by atoms with E-state index in [-0.39, 0.29) is 27.9 Å². The number of benzene rings is 1. The highest BCUT2D eigenvalue weighted by Gasteiger charge is 2.24. The van der Waals surface area contributed by atoms with E-state index in [4.69, 9.17) is 11.6 Å². The first kappa shape index (κ1) is 15.9. The second kappa shape index (κ2) is 7.00. The molecule has 6 nitrogen and oxygen atoms in total. The number of hydrogen-bond acceptors (Lipinski definition) is 5. The number of nitro groups is 1. The molecule has 1 N–H and O–H groups in total. The van der Waals surface area contributed by atoms with Crippen LogP contribution in [0.1, 0.15) is 17.3 Å². The van der Waals surface area contributed by atoms with Gasteiger partial charge in [-0.15, -0.1) is 0 Å². The molecule has 0 saturated carbocycles. The van der Waals surface area contributed by atoms with E-state index in [2.05, 4.69) is 5.32 Å². The number of halogens is 1. The molecule has 0 unspecified atom stereocenters. The zero-order chi connectivity index (χ0) is 15.4. The predicted octanol–water partition coefficient (Wildman–Crippen LogP) is 2.87. The fourth-order valence-corrected chi connectivity index (χ4v) is 3.34. The molecule has 1 aromatic carbocycles. The van der Waals surface area contributed by atoms with Crippen molar-refractivity contribution in [2.24, 2.45) is 0 Å². The van der Waals surface area contributed by atoms with Crippen molar-refractivity contribution in [2.75, 3.05) is 36.5 Å². The largest absolute Gasteiger partial charge is 0.379 e. The van der Waals surface area contributed by atoms with Crippen LogP contribution in [0.4, 0.5) is 11.4 Å². The van der Waals surface area contributed by atoms with Gasteiger partial charge in [-0.05, 0) is 13.0 Å². The molecular weight excluding hydrogens is 314 g/mol. The minimum absolute atomic E-state index is 0.168. The van der Waals surface area contributed by atoms with Crippen LogP contribution in [0.15, 0.2) is 12.1 Å². The number of anilines is 1. The van der Waals surface area contributed by atoms with Gasteiger partial charge in [-0.25, -0.2) is 0 Å². The monoisotopic (exact) mass is 329 g/mol. The summed E-state index contributed by atoms with van der Waals surface area (Å²) in [7, 11) is 0. The standard InChI is InChI=1S/C13H16ClN3O3S/c1-2-15-12-10(14)7-9(8-11(12)17(19)20)13(18)16-3-5-21-6-4-16/h7-8,15H,2-6H2,1H3. The second-order valence-corrected chi connectivity index (χ2v) is 6.18. The van der Waals surface area contributed by atoms with Crippen molar-refractivity contribution >= 4 is 40.6 Å². The molecule has 1 amide bonds. The summed E-state index contributed by atoms with van der Waals surface area (Å²) in [6.07, 6.45) is 0. The molecule has 1 heterocycles. The summed E-state index contributed by atoms with van der Waals surface area (Å²) in [5.74, 6) is 1.57. The van der Waals surface area contributed by atoms with Gasteiger partial charge in [-0.2, -0.15) is 11.8 Å². The van der Waals surface area contributed by atoms with Crippen LogP contribution in [0.2, 0.25) is 5.02 Å². The van der Waals surface area contributed by atoms with Crippen molar-refractivity contribution in [3.63, 3.8) is 0 Å². The minimum Gasteiger partial charge on any atom is -0.379 e. The number of carbonyl (C=O) groups excluding carboxylic acids is 1. The van der Waals surface area contributed by atoms with Gasteiger partial charge in [0, 0.05) is 42.8 Å². The normalized spacial score (nSPS) is 14.9. The minimum atomic E-state index is -0.521. The number of thioether (sulfide) groups is 1. The van der Waals surface area contributed by atoms with E-state index in [0.29, 0.717) is 19.6 Å². The Kier molecular flexibility index (Phi) is 5.30. The highest BCUT2D eigenvalue weighted by molar-refractivity contribution is 7.99. The van der Waals surface area contributed by atoms with Crippen molar-refractivity contribution < 1.29 is 9.72 Å². The summed E-state index contributed by atoms with van der Waals surface area (Å²) in [5, 5.41) is 14.2. The third-order valence-corrected chi connectivity index (χ3v) is 4.41. The lowest BCUT2D eigenvalue weighted by Crippen LogP contribution is -2.37. The lowest BCUT2D eigenvalue weighted by molar-refractivity contribution is -0.384. The highest BCUT2D eigenvalue weighted by Crippen LogP contribution is 2.34. The molecule has 0 spiro atoms. The third-order valence-electron chi connectivity index (χ3n) is 3.16. The van der Waals surface area contributed by atoms with Crippen molar-refractivity contribution in [3.05, 3.63) is 32.8 Å². The number of nitrogens with one attached hydrogen (secondary N) is 1. The molecule has 1 aliphatic heterocycles. The van der Waals surface area contributed by atoms with Crippen molar-refractivity contribution in [1.82, 2.24) is 4.90 Å². The van der Waals surface area contributed by atoms with Gasteiger partial charge in [0.2, 0.25) is 0 Å². The number of rotatable bonds is 4. The maximum Gasteiger partial charge on any atom is 0.294 e. The fourth-order valence-electron chi connectivity index (χ4n) is 2.16. The van der Waals surface area contributed by atoms with Gasteiger partial charge in [-0.3, -0.25) is 14.9 Å².